The molecule has 0 fully saturated rings. The lowest BCUT2D eigenvalue weighted by molar-refractivity contribution is -0.137. The van der Waals surface area contributed by atoms with Gasteiger partial charge in [0.05, 0.1) is 10.0 Å². The summed E-state index contributed by atoms with van der Waals surface area (Å²) in [6.07, 6.45) is -3.51. The zero-order valence-electron chi connectivity index (χ0n) is 9.95. The summed E-state index contributed by atoms with van der Waals surface area (Å²) in [4.78, 5) is 18.4. The fraction of sp³-hybridized carbons (Fsp3) is 0.0833. The zero-order valence-corrected chi connectivity index (χ0v) is 13.1. The normalized spacial score (nSPS) is 11.5. The van der Waals surface area contributed by atoms with Crippen molar-refractivity contribution in [2.45, 2.75) is 6.18 Å². The minimum Gasteiger partial charge on any atom is -0.476 e. The third-order valence-corrected chi connectivity index (χ3v) is 3.55. The van der Waals surface area contributed by atoms with E-state index in [9.17, 15) is 18.0 Å². The van der Waals surface area contributed by atoms with Gasteiger partial charge in [0.15, 0.2) is 11.5 Å². The molecular weight excluding hydrogens is 421 g/mol. The fourth-order valence-corrected chi connectivity index (χ4v) is 2.31. The Morgan fingerprint density at radius 2 is 1.90 bits per heavy atom. The lowest BCUT2D eigenvalue weighted by Gasteiger charge is -2.12. The molecule has 0 aliphatic rings. The summed E-state index contributed by atoms with van der Waals surface area (Å²) in [5, 5.41) is 8.96. The van der Waals surface area contributed by atoms with Crippen LogP contribution in [0.5, 0.6) is 0 Å². The summed E-state index contributed by atoms with van der Waals surface area (Å²) >= 11 is 5.91. The van der Waals surface area contributed by atoms with E-state index in [2.05, 4.69) is 41.8 Å². The number of benzene rings is 1. The van der Waals surface area contributed by atoms with Crippen LogP contribution in [0.1, 0.15) is 16.1 Å². The van der Waals surface area contributed by atoms with E-state index < -0.39 is 23.4 Å². The third-order valence-electron chi connectivity index (χ3n) is 2.47. The number of carboxylic acids is 1. The van der Waals surface area contributed by atoms with Gasteiger partial charge < -0.3 is 5.11 Å². The molecule has 0 bridgehead atoms. The summed E-state index contributed by atoms with van der Waals surface area (Å²) in [6.45, 7) is 0. The van der Waals surface area contributed by atoms with Crippen molar-refractivity contribution < 1.29 is 23.1 Å². The van der Waals surface area contributed by atoms with Crippen molar-refractivity contribution in [3.05, 3.63) is 44.6 Å². The van der Waals surface area contributed by atoms with Gasteiger partial charge in [-0.2, -0.15) is 13.2 Å². The molecule has 4 nitrogen and oxygen atoms in total. The Bertz CT molecular complexity index is 720. The first-order chi connectivity index (χ1) is 9.70. The Labute approximate surface area is 133 Å². The SMILES string of the molecule is O=C(O)c1nc(-c2ccc(Br)cc2C(F)(F)F)ncc1Br. The maximum Gasteiger partial charge on any atom is 0.417 e. The molecule has 1 N–H and O–H groups in total. The standard InChI is InChI=1S/C12H5Br2F3N2O2/c13-5-1-2-6(7(3-5)12(15,16)17)10-18-4-8(14)9(19-10)11(20)21/h1-4H,(H,20,21). The van der Waals surface area contributed by atoms with Crippen molar-refractivity contribution >= 4 is 37.8 Å². The van der Waals surface area contributed by atoms with Gasteiger partial charge in [-0.1, -0.05) is 15.9 Å². The topological polar surface area (TPSA) is 63.1 Å². The molecule has 9 heteroatoms. The molecule has 0 amide bonds. The number of rotatable bonds is 2. The van der Waals surface area contributed by atoms with Crippen LogP contribution >= 0.6 is 31.9 Å². The Kier molecular flexibility index (Phi) is 4.33. The number of aromatic carboxylic acids is 1. The summed E-state index contributed by atoms with van der Waals surface area (Å²) < 4.78 is 39.5. The molecule has 21 heavy (non-hydrogen) atoms. The molecule has 0 unspecified atom stereocenters. The predicted octanol–water partition coefficient (Wildman–Crippen LogP) is 4.39. The molecule has 0 atom stereocenters. The van der Waals surface area contributed by atoms with Gasteiger partial charge in [-0.25, -0.2) is 14.8 Å². The number of carboxylic acid groups (broad SMARTS) is 1. The minimum atomic E-state index is -4.61. The smallest absolute Gasteiger partial charge is 0.417 e. The number of halogens is 5. The Morgan fingerprint density at radius 1 is 1.24 bits per heavy atom. The summed E-state index contributed by atoms with van der Waals surface area (Å²) in [5.41, 5.74) is -1.65. The second-order valence-corrected chi connectivity index (χ2v) is 5.65. The van der Waals surface area contributed by atoms with Gasteiger partial charge in [-0.05, 0) is 34.1 Å². The predicted molar refractivity (Wildman–Crippen MR) is 74.8 cm³/mol. The van der Waals surface area contributed by atoms with Crippen LogP contribution in [0.2, 0.25) is 0 Å². The van der Waals surface area contributed by atoms with E-state index in [-0.39, 0.29) is 20.3 Å². The Morgan fingerprint density at radius 3 is 2.48 bits per heavy atom. The number of hydrogen-bond donors (Lipinski definition) is 1. The maximum absolute atomic E-state index is 13.1. The van der Waals surface area contributed by atoms with Crippen LogP contribution in [0.4, 0.5) is 13.2 Å². The largest absolute Gasteiger partial charge is 0.476 e. The van der Waals surface area contributed by atoms with Crippen LogP contribution in [0.25, 0.3) is 11.4 Å². The molecule has 1 aromatic heterocycles. The number of hydrogen-bond acceptors (Lipinski definition) is 3. The Balaban J connectivity index is 2.68. The van der Waals surface area contributed by atoms with E-state index in [0.29, 0.717) is 0 Å². The van der Waals surface area contributed by atoms with E-state index in [4.69, 9.17) is 5.11 Å². The lowest BCUT2D eigenvalue weighted by atomic mass is 10.1. The second-order valence-electron chi connectivity index (χ2n) is 3.88. The molecule has 0 radical (unpaired) electrons. The minimum absolute atomic E-state index is 0.0874. The first-order valence-corrected chi connectivity index (χ1v) is 6.91. The molecule has 1 aromatic carbocycles. The first kappa shape index (κ1) is 15.9. The van der Waals surface area contributed by atoms with Crippen LogP contribution in [0, 0.1) is 0 Å². The van der Waals surface area contributed by atoms with Crippen molar-refractivity contribution in [3.8, 4) is 11.4 Å². The van der Waals surface area contributed by atoms with Crippen LogP contribution in [0.15, 0.2) is 33.3 Å². The molecule has 0 aliphatic heterocycles. The molecule has 0 aliphatic carbocycles. The quantitative estimate of drug-likeness (QED) is 0.775. The van der Waals surface area contributed by atoms with Gasteiger partial charge in [0, 0.05) is 16.2 Å². The van der Waals surface area contributed by atoms with Crippen molar-refractivity contribution in [3.63, 3.8) is 0 Å². The van der Waals surface area contributed by atoms with Crippen molar-refractivity contribution in [1.29, 1.82) is 0 Å². The van der Waals surface area contributed by atoms with E-state index in [0.717, 1.165) is 12.3 Å². The van der Waals surface area contributed by atoms with Crippen LogP contribution < -0.4 is 0 Å². The highest BCUT2D eigenvalue weighted by molar-refractivity contribution is 9.10. The van der Waals surface area contributed by atoms with Gasteiger partial charge in [0.2, 0.25) is 0 Å². The molecule has 1 heterocycles. The zero-order chi connectivity index (χ0) is 15.8. The van der Waals surface area contributed by atoms with Gasteiger partial charge in [-0.15, -0.1) is 0 Å². The van der Waals surface area contributed by atoms with Crippen LogP contribution in [-0.2, 0) is 6.18 Å². The van der Waals surface area contributed by atoms with E-state index >= 15 is 0 Å². The van der Waals surface area contributed by atoms with Gasteiger partial charge in [0.1, 0.15) is 0 Å². The van der Waals surface area contributed by atoms with E-state index in [1.54, 1.807) is 0 Å². The van der Waals surface area contributed by atoms with Crippen LogP contribution in [-0.4, -0.2) is 21.0 Å². The maximum atomic E-state index is 13.1. The fourth-order valence-electron chi connectivity index (χ4n) is 1.59. The van der Waals surface area contributed by atoms with Gasteiger partial charge in [0.25, 0.3) is 0 Å². The number of nitrogens with zero attached hydrogens (tertiary/aromatic N) is 2. The molecule has 2 rings (SSSR count). The van der Waals surface area contributed by atoms with E-state index in [1.807, 2.05) is 0 Å². The van der Waals surface area contributed by atoms with Gasteiger partial charge >= 0.3 is 12.1 Å². The lowest BCUT2D eigenvalue weighted by Crippen LogP contribution is -2.10. The molecule has 0 saturated heterocycles. The van der Waals surface area contributed by atoms with Crippen molar-refractivity contribution in [2.75, 3.05) is 0 Å². The molecular formula is C12H5Br2F3N2O2. The number of carbonyl (C=O) groups is 1. The van der Waals surface area contributed by atoms with Crippen LogP contribution in [0.3, 0.4) is 0 Å². The average molecular weight is 426 g/mol. The molecule has 0 spiro atoms. The third kappa shape index (κ3) is 3.41. The summed E-state index contributed by atoms with van der Waals surface area (Å²) in [5.74, 6) is -1.67. The summed E-state index contributed by atoms with van der Waals surface area (Å²) in [7, 11) is 0. The van der Waals surface area contributed by atoms with Crippen molar-refractivity contribution in [1.82, 2.24) is 9.97 Å². The highest BCUT2D eigenvalue weighted by atomic mass is 79.9. The molecule has 0 saturated carbocycles. The summed E-state index contributed by atoms with van der Waals surface area (Å²) in [6, 6.07) is 3.47. The highest BCUT2D eigenvalue weighted by Gasteiger charge is 2.34. The molecule has 2 aromatic rings. The van der Waals surface area contributed by atoms with Crippen molar-refractivity contribution in [2.24, 2.45) is 0 Å². The van der Waals surface area contributed by atoms with E-state index in [1.165, 1.54) is 12.1 Å². The first-order valence-electron chi connectivity index (χ1n) is 5.33. The number of alkyl halides is 3. The number of aromatic nitrogens is 2. The second kappa shape index (κ2) is 5.72. The van der Waals surface area contributed by atoms with Gasteiger partial charge in [-0.3, -0.25) is 0 Å². The average Bonchev–Trinajstić information content (AvgIpc) is 2.38. The monoisotopic (exact) mass is 424 g/mol. The highest BCUT2D eigenvalue weighted by Crippen LogP contribution is 2.37. The molecule has 110 valence electrons. The Hall–Kier alpha value is -1.48.